The van der Waals surface area contributed by atoms with E-state index in [0.717, 1.165) is 24.9 Å². The molecular weight excluding hydrogens is 406 g/mol. The van der Waals surface area contributed by atoms with Crippen molar-refractivity contribution in [1.82, 2.24) is 15.1 Å². The number of nitrogens with zero attached hydrogens (tertiary/aromatic N) is 3. The molecule has 30 heavy (non-hydrogen) atoms. The van der Waals surface area contributed by atoms with Crippen LogP contribution in [0.2, 0.25) is 0 Å². The molecule has 0 radical (unpaired) electrons. The fourth-order valence-corrected chi connectivity index (χ4v) is 4.21. The molecule has 2 atom stereocenters. The third-order valence-electron chi connectivity index (χ3n) is 5.76. The van der Waals surface area contributed by atoms with Gasteiger partial charge >= 0.3 is 0 Å². The molecule has 1 aromatic heterocycles. The molecule has 0 saturated carbocycles. The number of ether oxygens (including phenoxy) is 1. The van der Waals surface area contributed by atoms with Gasteiger partial charge in [-0.15, -0.1) is 12.4 Å². The van der Waals surface area contributed by atoms with Gasteiger partial charge < -0.3 is 20.3 Å². The quantitative estimate of drug-likeness (QED) is 0.755. The van der Waals surface area contributed by atoms with Gasteiger partial charge in [0.05, 0.1) is 24.9 Å². The van der Waals surface area contributed by atoms with Gasteiger partial charge in [-0.25, -0.2) is 0 Å². The molecule has 2 aliphatic heterocycles. The van der Waals surface area contributed by atoms with E-state index in [1.807, 2.05) is 31.6 Å². The summed E-state index contributed by atoms with van der Waals surface area (Å²) in [5, 5.41) is 10.6. The van der Waals surface area contributed by atoms with E-state index in [1.165, 1.54) is 0 Å². The van der Waals surface area contributed by atoms with Gasteiger partial charge in [-0.1, -0.05) is 0 Å². The molecular formula is C21H28ClN5O3. The summed E-state index contributed by atoms with van der Waals surface area (Å²) in [5.74, 6) is 0.597. The van der Waals surface area contributed by atoms with Gasteiger partial charge in [-0.3, -0.25) is 14.3 Å². The van der Waals surface area contributed by atoms with Gasteiger partial charge in [0.25, 0.3) is 0 Å². The number of halogens is 1. The van der Waals surface area contributed by atoms with Crippen LogP contribution in [0.1, 0.15) is 30.7 Å². The Balaban J connectivity index is 0.00000256. The number of nitrogens with one attached hydrogen (secondary N) is 2. The monoisotopic (exact) mass is 433 g/mol. The average Bonchev–Trinajstić information content (AvgIpc) is 3.37. The topological polar surface area (TPSA) is 88.5 Å². The predicted molar refractivity (Wildman–Crippen MR) is 117 cm³/mol. The summed E-state index contributed by atoms with van der Waals surface area (Å²) >= 11 is 0. The summed E-state index contributed by atoms with van der Waals surface area (Å²) in [6, 6.07) is 5.45. The molecule has 162 valence electrons. The number of anilines is 2. The van der Waals surface area contributed by atoms with Crippen LogP contribution in [0.4, 0.5) is 11.4 Å². The van der Waals surface area contributed by atoms with E-state index in [4.69, 9.17) is 4.74 Å². The van der Waals surface area contributed by atoms with Gasteiger partial charge in [0, 0.05) is 50.9 Å². The molecule has 4 rings (SSSR count). The molecule has 9 heteroatoms. The number of hydrogen-bond donors (Lipinski definition) is 2. The van der Waals surface area contributed by atoms with Crippen LogP contribution in [-0.2, 0) is 16.6 Å². The Hall–Kier alpha value is -2.58. The number of aromatic nitrogens is 2. The van der Waals surface area contributed by atoms with Gasteiger partial charge in [-0.2, -0.15) is 5.10 Å². The zero-order valence-corrected chi connectivity index (χ0v) is 18.1. The first-order valence-corrected chi connectivity index (χ1v) is 10.1. The Morgan fingerprint density at radius 2 is 2.13 bits per heavy atom. The number of carbonyl (C=O) groups excluding carboxylic acids is 2. The number of rotatable bonds is 5. The molecule has 2 amide bonds. The van der Waals surface area contributed by atoms with E-state index in [0.29, 0.717) is 36.6 Å². The minimum Gasteiger partial charge on any atom is -0.495 e. The highest BCUT2D eigenvalue weighted by Gasteiger charge is 2.35. The van der Waals surface area contributed by atoms with E-state index >= 15 is 0 Å². The van der Waals surface area contributed by atoms with Gasteiger partial charge in [0.1, 0.15) is 5.75 Å². The van der Waals surface area contributed by atoms with Crippen molar-refractivity contribution in [3.05, 3.63) is 36.2 Å². The molecule has 2 saturated heterocycles. The first-order chi connectivity index (χ1) is 14.1. The zero-order valence-electron chi connectivity index (χ0n) is 17.3. The highest BCUT2D eigenvalue weighted by Crippen LogP contribution is 2.34. The smallest absolute Gasteiger partial charge is 0.229 e. The molecule has 1 aromatic carbocycles. The third-order valence-corrected chi connectivity index (χ3v) is 5.76. The van der Waals surface area contributed by atoms with E-state index in [9.17, 15) is 9.59 Å². The third kappa shape index (κ3) is 4.44. The molecule has 0 unspecified atom stereocenters. The molecule has 0 spiro atoms. The molecule has 0 aliphatic carbocycles. The molecule has 3 heterocycles. The van der Waals surface area contributed by atoms with Crippen molar-refractivity contribution in [2.45, 2.75) is 25.2 Å². The summed E-state index contributed by atoms with van der Waals surface area (Å²) in [4.78, 5) is 27.2. The van der Waals surface area contributed by atoms with Crippen LogP contribution in [-0.4, -0.2) is 48.3 Å². The Labute approximate surface area is 182 Å². The maximum absolute atomic E-state index is 13.0. The number of methoxy groups -OCH3 is 1. The van der Waals surface area contributed by atoms with Crippen molar-refractivity contribution in [3.8, 4) is 5.75 Å². The van der Waals surface area contributed by atoms with E-state index in [2.05, 4.69) is 15.7 Å². The van der Waals surface area contributed by atoms with Crippen LogP contribution in [0.5, 0.6) is 5.75 Å². The molecule has 2 N–H and O–H groups in total. The van der Waals surface area contributed by atoms with Crippen molar-refractivity contribution in [2.75, 3.05) is 37.0 Å². The molecule has 2 aliphatic rings. The van der Waals surface area contributed by atoms with Crippen molar-refractivity contribution >= 4 is 35.6 Å². The second kappa shape index (κ2) is 9.49. The fraction of sp³-hybridized carbons (Fsp3) is 0.476. The highest BCUT2D eigenvalue weighted by molar-refractivity contribution is 5.98. The lowest BCUT2D eigenvalue weighted by Gasteiger charge is -2.28. The standard InChI is InChI=1S/C21H27N5O3.ClH/c1-25-13-14(10-23-25)16-11-22-12-17(16)21(28)24-15-6-7-19(29-2)18(9-15)26-8-4-3-5-20(26)27;/h6-7,9-10,13,16-17,22H,3-5,8,11-12H2,1-2H3,(H,24,28);1H/t16-,17+;/m1./s1. The highest BCUT2D eigenvalue weighted by atomic mass is 35.5. The normalized spacial score (nSPS) is 21.3. The van der Waals surface area contributed by atoms with Gasteiger partial charge in [0.15, 0.2) is 0 Å². The van der Waals surface area contributed by atoms with Crippen LogP contribution in [0.15, 0.2) is 30.6 Å². The maximum atomic E-state index is 13.0. The van der Waals surface area contributed by atoms with Crippen LogP contribution in [0, 0.1) is 5.92 Å². The number of amides is 2. The summed E-state index contributed by atoms with van der Waals surface area (Å²) < 4.78 is 7.22. The maximum Gasteiger partial charge on any atom is 0.229 e. The minimum absolute atomic E-state index is 0. The van der Waals surface area contributed by atoms with Crippen molar-refractivity contribution in [2.24, 2.45) is 13.0 Å². The summed E-state index contributed by atoms with van der Waals surface area (Å²) in [5.41, 5.74) is 2.44. The SMILES string of the molecule is COc1ccc(NC(=O)[C@H]2CNC[C@@H]2c2cnn(C)c2)cc1N1CCCCC1=O.Cl. The van der Waals surface area contributed by atoms with Crippen molar-refractivity contribution in [1.29, 1.82) is 0 Å². The second-order valence-electron chi connectivity index (χ2n) is 7.70. The lowest BCUT2D eigenvalue weighted by molar-refractivity contribution is -0.120. The molecule has 0 bridgehead atoms. The largest absolute Gasteiger partial charge is 0.495 e. The molecule has 2 fully saturated rings. The molecule has 8 nitrogen and oxygen atoms in total. The van der Waals surface area contributed by atoms with Crippen LogP contribution >= 0.6 is 12.4 Å². The second-order valence-corrected chi connectivity index (χ2v) is 7.70. The van der Waals surface area contributed by atoms with Crippen molar-refractivity contribution in [3.63, 3.8) is 0 Å². The Morgan fingerprint density at radius 3 is 2.83 bits per heavy atom. The Bertz CT molecular complexity index is 916. The van der Waals surface area contributed by atoms with Gasteiger partial charge in [0.2, 0.25) is 11.8 Å². The first kappa shape index (κ1) is 22.1. The van der Waals surface area contributed by atoms with E-state index in [-0.39, 0.29) is 36.1 Å². The van der Waals surface area contributed by atoms with Gasteiger partial charge in [-0.05, 0) is 36.6 Å². The zero-order chi connectivity index (χ0) is 20.4. The molecule has 2 aromatic rings. The number of benzene rings is 1. The van der Waals surface area contributed by atoms with Crippen LogP contribution < -0.4 is 20.3 Å². The predicted octanol–water partition coefficient (Wildman–Crippen LogP) is 2.31. The minimum atomic E-state index is -0.179. The summed E-state index contributed by atoms with van der Waals surface area (Å²) in [6.45, 7) is 2.04. The fourth-order valence-electron chi connectivity index (χ4n) is 4.21. The number of piperidine rings is 1. The average molecular weight is 434 g/mol. The number of hydrogen-bond acceptors (Lipinski definition) is 5. The van der Waals surface area contributed by atoms with E-state index in [1.54, 1.807) is 22.8 Å². The van der Waals surface area contributed by atoms with Crippen LogP contribution in [0.3, 0.4) is 0 Å². The van der Waals surface area contributed by atoms with E-state index < -0.39 is 0 Å². The Morgan fingerprint density at radius 1 is 1.30 bits per heavy atom. The first-order valence-electron chi connectivity index (χ1n) is 10.1. The number of carbonyl (C=O) groups is 2. The Kier molecular flexibility index (Phi) is 6.99. The summed E-state index contributed by atoms with van der Waals surface area (Å²) in [7, 11) is 3.47. The lowest BCUT2D eigenvalue weighted by atomic mass is 9.90. The number of aryl methyl sites for hydroxylation is 1. The summed E-state index contributed by atoms with van der Waals surface area (Å²) in [6.07, 6.45) is 6.21. The van der Waals surface area contributed by atoms with Crippen LogP contribution in [0.25, 0.3) is 0 Å². The lowest BCUT2D eigenvalue weighted by Crippen LogP contribution is -2.35. The van der Waals surface area contributed by atoms with Crippen molar-refractivity contribution < 1.29 is 14.3 Å².